The summed E-state index contributed by atoms with van der Waals surface area (Å²) < 4.78 is 0. The van der Waals surface area contributed by atoms with Crippen molar-refractivity contribution >= 4 is 5.69 Å². The van der Waals surface area contributed by atoms with Gasteiger partial charge in [0.15, 0.2) is 0 Å². The molecule has 0 radical (unpaired) electrons. The van der Waals surface area contributed by atoms with Crippen LogP contribution >= 0.6 is 0 Å². The van der Waals surface area contributed by atoms with Crippen LogP contribution in [-0.2, 0) is 13.1 Å². The molecule has 88 valence electrons. The van der Waals surface area contributed by atoms with E-state index >= 15 is 0 Å². The van der Waals surface area contributed by atoms with Crippen molar-refractivity contribution in [2.75, 3.05) is 5.32 Å². The van der Waals surface area contributed by atoms with Crippen LogP contribution in [-0.4, -0.2) is 4.98 Å². The Labute approximate surface area is 102 Å². The third-order valence-electron chi connectivity index (χ3n) is 2.73. The minimum atomic E-state index is 0.504. The maximum atomic E-state index is 5.66. The molecule has 0 amide bonds. The summed E-state index contributed by atoms with van der Waals surface area (Å²) in [5.74, 6) is 0. The van der Waals surface area contributed by atoms with Gasteiger partial charge in [0.2, 0.25) is 0 Å². The number of aromatic nitrogens is 1. The molecule has 0 bridgehead atoms. The molecule has 0 aliphatic carbocycles. The SMILES string of the molecule is Cc1ccc(CNc2ccncc2CN)cc1. The van der Waals surface area contributed by atoms with Gasteiger partial charge in [-0.1, -0.05) is 29.8 Å². The Kier molecular flexibility index (Phi) is 3.73. The largest absolute Gasteiger partial charge is 0.381 e. The summed E-state index contributed by atoms with van der Waals surface area (Å²) in [5.41, 5.74) is 10.3. The lowest BCUT2D eigenvalue weighted by Gasteiger charge is -2.10. The van der Waals surface area contributed by atoms with E-state index in [1.165, 1.54) is 11.1 Å². The molecule has 3 nitrogen and oxygen atoms in total. The zero-order chi connectivity index (χ0) is 12.1. The highest BCUT2D eigenvalue weighted by atomic mass is 14.9. The number of nitrogens with two attached hydrogens (primary N) is 1. The third kappa shape index (κ3) is 3.04. The highest BCUT2D eigenvalue weighted by Gasteiger charge is 1.99. The van der Waals surface area contributed by atoms with Crippen molar-refractivity contribution in [3.63, 3.8) is 0 Å². The Bertz CT molecular complexity index is 477. The van der Waals surface area contributed by atoms with Crippen LogP contribution in [0.4, 0.5) is 5.69 Å². The lowest BCUT2D eigenvalue weighted by Crippen LogP contribution is -2.06. The Morgan fingerprint density at radius 1 is 1.18 bits per heavy atom. The van der Waals surface area contributed by atoms with E-state index in [1.807, 2.05) is 6.07 Å². The van der Waals surface area contributed by atoms with Gasteiger partial charge in [-0.25, -0.2) is 0 Å². The molecule has 0 spiro atoms. The number of benzene rings is 1. The summed E-state index contributed by atoms with van der Waals surface area (Å²) >= 11 is 0. The maximum absolute atomic E-state index is 5.66. The van der Waals surface area contributed by atoms with Gasteiger partial charge >= 0.3 is 0 Å². The van der Waals surface area contributed by atoms with Gasteiger partial charge < -0.3 is 11.1 Å². The first-order valence-electron chi connectivity index (χ1n) is 5.72. The molecule has 1 heterocycles. The fourth-order valence-corrected chi connectivity index (χ4v) is 1.67. The monoisotopic (exact) mass is 227 g/mol. The Morgan fingerprint density at radius 2 is 1.94 bits per heavy atom. The lowest BCUT2D eigenvalue weighted by molar-refractivity contribution is 1.03. The van der Waals surface area contributed by atoms with Crippen LogP contribution in [0.5, 0.6) is 0 Å². The Hall–Kier alpha value is -1.87. The van der Waals surface area contributed by atoms with Crippen molar-refractivity contribution in [2.24, 2.45) is 5.73 Å². The van der Waals surface area contributed by atoms with Crippen LogP contribution in [0.1, 0.15) is 16.7 Å². The number of rotatable bonds is 4. The average molecular weight is 227 g/mol. The predicted octanol–water partition coefficient (Wildman–Crippen LogP) is 2.46. The van der Waals surface area contributed by atoms with Crippen molar-refractivity contribution in [3.05, 3.63) is 59.4 Å². The molecule has 0 saturated heterocycles. The number of pyridine rings is 1. The average Bonchev–Trinajstić information content (AvgIpc) is 2.38. The second-order valence-electron chi connectivity index (χ2n) is 4.08. The fraction of sp³-hybridized carbons (Fsp3) is 0.214. The topological polar surface area (TPSA) is 50.9 Å². The molecule has 0 aliphatic heterocycles. The van der Waals surface area contributed by atoms with Crippen molar-refractivity contribution in [1.29, 1.82) is 0 Å². The van der Waals surface area contributed by atoms with E-state index in [4.69, 9.17) is 5.73 Å². The molecule has 1 aromatic heterocycles. The van der Waals surface area contributed by atoms with E-state index in [9.17, 15) is 0 Å². The van der Waals surface area contributed by atoms with Crippen LogP contribution in [0.3, 0.4) is 0 Å². The molecule has 17 heavy (non-hydrogen) atoms. The third-order valence-corrected chi connectivity index (χ3v) is 2.73. The van der Waals surface area contributed by atoms with Gasteiger partial charge in [-0.2, -0.15) is 0 Å². The summed E-state index contributed by atoms with van der Waals surface area (Å²) in [6.45, 7) is 3.40. The van der Waals surface area contributed by atoms with Crippen LogP contribution in [0.15, 0.2) is 42.7 Å². The van der Waals surface area contributed by atoms with Gasteiger partial charge in [0.1, 0.15) is 0 Å². The predicted molar refractivity (Wildman–Crippen MR) is 70.6 cm³/mol. The molecule has 0 fully saturated rings. The molecule has 2 rings (SSSR count). The number of anilines is 1. The van der Waals surface area contributed by atoms with Crippen LogP contribution in [0.2, 0.25) is 0 Å². The minimum absolute atomic E-state index is 0.504. The van der Waals surface area contributed by atoms with E-state index < -0.39 is 0 Å². The summed E-state index contributed by atoms with van der Waals surface area (Å²) in [6.07, 6.45) is 3.58. The first-order valence-corrected chi connectivity index (χ1v) is 5.72. The summed E-state index contributed by atoms with van der Waals surface area (Å²) in [4.78, 5) is 4.06. The number of nitrogens with one attached hydrogen (secondary N) is 1. The van der Waals surface area contributed by atoms with Crippen molar-refractivity contribution in [1.82, 2.24) is 4.98 Å². The summed E-state index contributed by atoms with van der Waals surface area (Å²) in [6, 6.07) is 10.5. The number of hydrogen-bond acceptors (Lipinski definition) is 3. The molecule has 2 aromatic rings. The van der Waals surface area contributed by atoms with Crippen LogP contribution in [0.25, 0.3) is 0 Å². The zero-order valence-electron chi connectivity index (χ0n) is 9.98. The van der Waals surface area contributed by atoms with E-state index in [1.54, 1.807) is 12.4 Å². The number of aryl methyl sites for hydroxylation is 1. The lowest BCUT2D eigenvalue weighted by atomic mass is 10.1. The quantitative estimate of drug-likeness (QED) is 0.843. The first-order chi connectivity index (χ1) is 8.29. The molecular formula is C14H17N3. The fourth-order valence-electron chi connectivity index (χ4n) is 1.67. The zero-order valence-corrected chi connectivity index (χ0v) is 9.98. The maximum Gasteiger partial charge on any atom is 0.0419 e. The first kappa shape index (κ1) is 11.6. The highest BCUT2D eigenvalue weighted by Crippen LogP contribution is 2.14. The van der Waals surface area contributed by atoms with Crippen molar-refractivity contribution < 1.29 is 0 Å². The molecule has 1 aromatic carbocycles. The molecule has 0 unspecified atom stereocenters. The van der Waals surface area contributed by atoms with Gasteiger partial charge in [-0.3, -0.25) is 4.98 Å². The standard InChI is InChI=1S/C14H17N3/c1-11-2-4-12(5-3-11)9-17-14-6-7-16-10-13(14)8-15/h2-7,10H,8-9,15H2,1H3,(H,16,17). The Morgan fingerprint density at radius 3 is 2.65 bits per heavy atom. The van der Waals surface area contributed by atoms with Gasteiger partial charge in [0.25, 0.3) is 0 Å². The highest BCUT2D eigenvalue weighted by molar-refractivity contribution is 5.49. The summed E-state index contributed by atoms with van der Waals surface area (Å²) in [7, 11) is 0. The molecular weight excluding hydrogens is 210 g/mol. The molecule has 0 aliphatic rings. The summed E-state index contributed by atoms with van der Waals surface area (Å²) in [5, 5.41) is 3.38. The number of hydrogen-bond donors (Lipinski definition) is 2. The van der Waals surface area contributed by atoms with E-state index in [-0.39, 0.29) is 0 Å². The van der Waals surface area contributed by atoms with E-state index in [0.29, 0.717) is 6.54 Å². The normalized spacial score (nSPS) is 10.2. The van der Waals surface area contributed by atoms with Crippen molar-refractivity contribution in [3.8, 4) is 0 Å². The Balaban J connectivity index is 2.04. The van der Waals surface area contributed by atoms with E-state index in [2.05, 4.69) is 41.5 Å². The minimum Gasteiger partial charge on any atom is -0.381 e. The molecule has 3 heteroatoms. The number of nitrogens with zero attached hydrogens (tertiary/aromatic N) is 1. The van der Waals surface area contributed by atoms with Gasteiger partial charge in [0.05, 0.1) is 0 Å². The molecule has 0 saturated carbocycles. The van der Waals surface area contributed by atoms with Gasteiger partial charge in [-0.15, -0.1) is 0 Å². The van der Waals surface area contributed by atoms with E-state index in [0.717, 1.165) is 17.8 Å². The van der Waals surface area contributed by atoms with Crippen LogP contribution < -0.4 is 11.1 Å². The van der Waals surface area contributed by atoms with Crippen molar-refractivity contribution in [2.45, 2.75) is 20.0 Å². The van der Waals surface area contributed by atoms with Crippen LogP contribution in [0, 0.1) is 6.92 Å². The second-order valence-corrected chi connectivity index (χ2v) is 4.08. The van der Waals surface area contributed by atoms with Gasteiger partial charge in [-0.05, 0) is 18.6 Å². The smallest absolute Gasteiger partial charge is 0.0419 e. The molecule has 3 N–H and O–H groups in total. The second kappa shape index (κ2) is 5.46. The van der Waals surface area contributed by atoms with Gasteiger partial charge in [0, 0.05) is 36.7 Å². The molecule has 0 atom stereocenters.